The molecule has 0 radical (unpaired) electrons. The van der Waals surface area contributed by atoms with E-state index < -0.39 is 0 Å². The predicted octanol–water partition coefficient (Wildman–Crippen LogP) is 12.3. The van der Waals surface area contributed by atoms with Crippen molar-refractivity contribution in [3.63, 3.8) is 0 Å². The highest BCUT2D eigenvalue weighted by Gasteiger charge is 2.21. The second-order valence-electron chi connectivity index (χ2n) is 13.4. The zero-order chi connectivity index (χ0) is 34.2. The Morgan fingerprint density at radius 2 is 0.942 bits per heavy atom. The molecular formula is C48H30N4. The van der Waals surface area contributed by atoms with Gasteiger partial charge in [0, 0.05) is 49.4 Å². The summed E-state index contributed by atoms with van der Waals surface area (Å²) in [6.07, 6.45) is 0. The fourth-order valence-corrected chi connectivity index (χ4v) is 8.19. The lowest BCUT2D eigenvalue weighted by molar-refractivity contribution is 1.17. The van der Waals surface area contributed by atoms with Crippen molar-refractivity contribution in [2.75, 3.05) is 0 Å². The Morgan fingerprint density at radius 3 is 1.73 bits per heavy atom. The maximum absolute atomic E-state index is 5.36. The molecule has 0 N–H and O–H groups in total. The predicted molar refractivity (Wildman–Crippen MR) is 217 cm³/mol. The van der Waals surface area contributed by atoms with Crippen LogP contribution in [-0.2, 0) is 0 Å². The standard InChI is InChI=1S/C48H30N4/c1-3-14-32(15-4-1)45-46(50-47-36-18-8-7-13-31(36)25-29-40(47)49-45)33-23-26-35(27-24-33)51-42-22-12-10-20-39(42)44-43(51)30-28-38-37-19-9-11-21-41(37)52(48(38)44)34-16-5-2-6-17-34/h1-30H. The molecule has 4 heteroatoms. The number of benzene rings is 8. The highest BCUT2D eigenvalue weighted by atomic mass is 15.0. The minimum absolute atomic E-state index is 0.873. The Bertz CT molecular complexity index is 3160. The average molecular weight is 663 g/mol. The first-order valence-electron chi connectivity index (χ1n) is 17.7. The van der Waals surface area contributed by atoms with Gasteiger partial charge in [0.15, 0.2) is 0 Å². The van der Waals surface area contributed by atoms with Gasteiger partial charge in [-0.3, -0.25) is 0 Å². The lowest BCUT2D eigenvalue weighted by atomic mass is 10.0. The highest BCUT2D eigenvalue weighted by Crippen LogP contribution is 2.42. The van der Waals surface area contributed by atoms with Crippen LogP contribution in [-0.4, -0.2) is 19.1 Å². The Balaban J connectivity index is 1.15. The van der Waals surface area contributed by atoms with Crippen molar-refractivity contribution in [1.82, 2.24) is 19.1 Å². The summed E-state index contributed by atoms with van der Waals surface area (Å²) in [6, 6.07) is 64.7. The molecule has 0 fully saturated rings. The van der Waals surface area contributed by atoms with E-state index in [2.05, 4.69) is 185 Å². The third-order valence-corrected chi connectivity index (χ3v) is 10.5. The molecule has 3 aromatic heterocycles. The van der Waals surface area contributed by atoms with Gasteiger partial charge in [-0.1, -0.05) is 133 Å². The number of hydrogen-bond donors (Lipinski definition) is 0. The lowest BCUT2D eigenvalue weighted by Gasteiger charge is -2.13. The smallest absolute Gasteiger partial charge is 0.0973 e. The van der Waals surface area contributed by atoms with Crippen molar-refractivity contribution >= 4 is 65.4 Å². The van der Waals surface area contributed by atoms with Gasteiger partial charge in [-0.2, -0.15) is 0 Å². The van der Waals surface area contributed by atoms with Crippen molar-refractivity contribution in [2.45, 2.75) is 0 Å². The first kappa shape index (κ1) is 28.8. The van der Waals surface area contributed by atoms with E-state index in [1.807, 2.05) is 6.07 Å². The van der Waals surface area contributed by atoms with Crippen LogP contribution < -0.4 is 0 Å². The van der Waals surface area contributed by atoms with Crippen LogP contribution >= 0.6 is 0 Å². The van der Waals surface area contributed by atoms with Crippen LogP contribution in [0.2, 0.25) is 0 Å². The molecule has 52 heavy (non-hydrogen) atoms. The zero-order valence-electron chi connectivity index (χ0n) is 28.1. The van der Waals surface area contributed by atoms with Crippen molar-refractivity contribution in [2.24, 2.45) is 0 Å². The van der Waals surface area contributed by atoms with Gasteiger partial charge in [0.25, 0.3) is 0 Å². The van der Waals surface area contributed by atoms with Gasteiger partial charge in [0.1, 0.15) is 0 Å². The molecule has 0 saturated heterocycles. The molecule has 0 spiro atoms. The number of hydrogen-bond acceptors (Lipinski definition) is 2. The van der Waals surface area contributed by atoms with Crippen molar-refractivity contribution < 1.29 is 0 Å². The van der Waals surface area contributed by atoms with Gasteiger partial charge in [-0.05, 0) is 53.9 Å². The first-order chi connectivity index (χ1) is 25.8. The van der Waals surface area contributed by atoms with Crippen LogP contribution in [0.25, 0.3) is 99.3 Å². The average Bonchev–Trinajstić information content (AvgIpc) is 3.74. The molecule has 0 saturated carbocycles. The normalized spacial score (nSPS) is 11.8. The molecule has 11 aromatic rings. The van der Waals surface area contributed by atoms with Gasteiger partial charge in [0.05, 0.1) is 44.5 Å². The molecular weight excluding hydrogens is 633 g/mol. The van der Waals surface area contributed by atoms with E-state index in [9.17, 15) is 0 Å². The Kier molecular flexibility index (Phi) is 6.22. The minimum Gasteiger partial charge on any atom is -0.309 e. The number of rotatable bonds is 4. The molecule has 4 nitrogen and oxygen atoms in total. The number of aromatic nitrogens is 4. The molecule has 0 unspecified atom stereocenters. The van der Waals surface area contributed by atoms with Crippen LogP contribution in [0.3, 0.4) is 0 Å². The molecule has 0 amide bonds. The largest absolute Gasteiger partial charge is 0.309 e. The van der Waals surface area contributed by atoms with E-state index in [1.54, 1.807) is 0 Å². The van der Waals surface area contributed by atoms with E-state index in [1.165, 1.54) is 43.6 Å². The Morgan fingerprint density at radius 1 is 0.346 bits per heavy atom. The quantitative estimate of drug-likeness (QED) is 0.176. The molecule has 0 aliphatic heterocycles. The van der Waals surface area contributed by atoms with Crippen LogP contribution in [0, 0.1) is 0 Å². The van der Waals surface area contributed by atoms with E-state index in [-0.39, 0.29) is 0 Å². The second kappa shape index (κ2) is 11.2. The summed E-state index contributed by atoms with van der Waals surface area (Å²) >= 11 is 0. The fraction of sp³-hybridized carbons (Fsp3) is 0. The van der Waals surface area contributed by atoms with Gasteiger partial charge in [-0.15, -0.1) is 0 Å². The molecule has 8 aromatic carbocycles. The first-order valence-corrected chi connectivity index (χ1v) is 17.7. The molecule has 0 bridgehead atoms. The van der Waals surface area contributed by atoms with Crippen molar-refractivity contribution in [3.8, 4) is 33.9 Å². The third kappa shape index (κ3) is 4.21. The maximum atomic E-state index is 5.36. The van der Waals surface area contributed by atoms with Gasteiger partial charge in [0.2, 0.25) is 0 Å². The van der Waals surface area contributed by atoms with Crippen molar-refractivity contribution in [3.05, 3.63) is 182 Å². The summed E-state index contributed by atoms with van der Waals surface area (Å²) < 4.78 is 4.83. The number of nitrogens with zero attached hydrogens (tertiary/aromatic N) is 4. The van der Waals surface area contributed by atoms with Crippen LogP contribution in [0.5, 0.6) is 0 Å². The summed E-state index contributed by atoms with van der Waals surface area (Å²) in [6.45, 7) is 0. The zero-order valence-corrected chi connectivity index (χ0v) is 28.1. The van der Waals surface area contributed by atoms with Crippen LogP contribution in [0.4, 0.5) is 0 Å². The maximum Gasteiger partial charge on any atom is 0.0973 e. The third-order valence-electron chi connectivity index (χ3n) is 10.5. The Labute approximate surface area is 299 Å². The van der Waals surface area contributed by atoms with E-state index in [0.717, 1.165) is 55.7 Å². The molecule has 11 rings (SSSR count). The molecule has 242 valence electrons. The Hall–Kier alpha value is -7.04. The fourth-order valence-electron chi connectivity index (χ4n) is 8.19. The van der Waals surface area contributed by atoms with Gasteiger partial charge < -0.3 is 9.13 Å². The monoisotopic (exact) mass is 662 g/mol. The highest BCUT2D eigenvalue weighted by molar-refractivity contribution is 6.26. The number of fused-ring (bicyclic) bond motifs is 10. The van der Waals surface area contributed by atoms with Crippen molar-refractivity contribution in [1.29, 1.82) is 0 Å². The summed E-state index contributed by atoms with van der Waals surface area (Å²) in [7, 11) is 0. The SMILES string of the molecule is c1ccc(-c2nc3ccc4ccccc4c3nc2-c2ccc(-n3c4ccccc4c4c3ccc3c5ccccc5n(-c5ccccc5)c34)cc2)cc1. The lowest BCUT2D eigenvalue weighted by Crippen LogP contribution is -1.98. The molecule has 0 aliphatic carbocycles. The van der Waals surface area contributed by atoms with E-state index >= 15 is 0 Å². The topological polar surface area (TPSA) is 35.6 Å². The molecule has 0 aliphatic rings. The van der Waals surface area contributed by atoms with Gasteiger partial charge >= 0.3 is 0 Å². The van der Waals surface area contributed by atoms with Crippen LogP contribution in [0.1, 0.15) is 0 Å². The summed E-state index contributed by atoms with van der Waals surface area (Å²) in [5, 5.41) is 7.24. The number of para-hydroxylation sites is 3. The summed E-state index contributed by atoms with van der Waals surface area (Å²) in [4.78, 5) is 10.6. The summed E-state index contributed by atoms with van der Waals surface area (Å²) in [5.41, 5.74) is 12.6. The molecule has 3 heterocycles. The van der Waals surface area contributed by atoms with Crippen LogP contribution in [0.15, 0.2) is 182 Å². The summed E-state index contributed by atoms with van der Waals surface area (Å²) in [5.74, 6) is 0. The van der Waals surface area contributed by atoms with E-state index in [4.69, 9.17) is 9.97 Å². The minimum atomic E-state index is 0.873. The van der Waals surface area contributed by atoms with E-state index in [0.29, 0.717) is 0 Å². The second-order valence-corrected chi connectivity index (χ2v) is 13.4. The van der Waals surface area contributed by atoms with Gasteiger partial charge in [-0.25, -0.2) is 9.97 Å². The molecule has 0 atom stereocenters.